The predicted molar refractivity (Wildman–Crippen MR) is 107 cm³/mol. The van der Waals surface area contributed by atoms with Gasteiger partial charge in [0, 0.05) is 18.5 Å². The number of nitrogens with one attached hydrogen (secondary N) is 1. The number of carbonyl (C=O) groups excluding carboxylic acids is 2. The van der Waals surface area contributed by atoms with Crippen molar-refractivity contribution >= 4 is 11.8 Å². The Morgan fingerprint density at radius 2 is 1.79 bits per heavy atom. The summed E-state index contributed by atoms with van der Waals surface area (Å²) in [6, 6.07) is 17.7. The molecule has 0 saturated carbocycles. The third kappa shape index (κ3) is 3.80. The molecule has 2 amide bonds. The van der Waals surface area contributed by atoms with Crippen LogP contribution >= 0.6 is 0 Å². The van der Waals surface area contributed by atoms with Crippen molar-refractivity contribution in [1.82, 2.24) is 10.2 Å². The van der Waals surface area contributed by atoms with Gasteiger partial charge in [-0.25, -0.2) is 0 Å². The molecule has 0 unspecified atom stereocenters. The molecule has 1 saturated heterocycles. The molecule has 0 aliphatic carbocycles. The first-order chi connectivity index (χ1) is 13.6. The summed E-state index contributed by atoms with van der Waals surface area (Å²) in [7, 11) is 0. The Labute approximate surface area is 166 Å². The van der Waals surface area contributed by atoms with E-state index in [1.807, 2.05) is 54.3 Å². The number of fused-ring (bicyclic) bond motifs is 1. The first-order valence-corrected chi connectivity index (χ1v) is 10.2. The number of benzene rings is 2. The zero-order valence-electron chi connectivity index (χ0n) is 16.3. The van der Waals surface area contributed by atoms with E-state index in [0.29, 0.717) is 6.54 Å². The van der Waals surface area contributed by atoms with E-state index >= 15 is 0 Å². The lowest BCUT2D eigenvalue weighted by Crippen LogP contribution is -2.93. The topological polar surface area (TPSA) is 66.0 Å². The van der Waals surface area contributed by atoms with E-state index in [-0.39, 0.29) is 29.9 Å². The summed E-state index contributed by atoms with van der Waals surface area (Å²) in [5, 5.41) is 5.21. The van der Waals surface area contributed by atoms with E-state index in [1.54, 1.807) is 0 Å². The summed E-state index contributed by atoms with van der Waals surface area (Å²) < 4.78 is 0. The van der Waals surface area contributed by atoms with Crippen LogP contribution in [0.4, 0.5) is 0 Å². The van der Waals surface area contributed by atoms with Gasteiger partial charge in [-0.2, -0.15) is 0 Å². The third-order valence-electron chi connectivity index (χ3n) is 5.99. The molecular formula is C23H28N3O2+. The van der Waals surface area contributed by atoms with Gasteiger partial charge in [0.15, 0.2) is 6.04 Å². The highest BCUT2D eigenvalue weighted by molar-refractivity contribution is 5.90. The fraction of sp³-hybridized carbons (Fsp3) is 0.391. The van der Waals surface area contributed by atoms with Gasteiger partial charge in [-0.1, -0.05) is 54.6 Å². The lowest BCUT2D eigenvalue weighted by Gasteiger charge is -2.30. The Morgan fingerprint density at radius 1 is 1.07 bits per heavy atom. The van der Waals surface area contributed by atoms with Crippen molar-refractivity contribution < 1.29 is 14.9 Å². The summed E-state index contributed by atoms with van der Waals surface area (Å²) in [5.74, 6) is 0.0536. The van der Waals surface area contributed by atoms with Crippen LogP contribution in [-0.4, -0.2) is 35.3 Å². The van der Waals surface area contributed by atoms with Crippen LogP contribution in [0.5, 0.6) is 0 Å². The SMILES string of the molecule is C[C@@H](NC(=O)[C@@H]1CCCN1C(=O)[C@@H]1Cc2ccccc2C[NH2+]1)c1ccccc1. The maximum atomic E-state index is 13.2. The highest BCUT2D eigenvalue weighted by Gasteiger charge is 2.40. The second kappa shape index (κ2) is 8.15. The number of nitrogens with two attached hydrogens (primary N) is 1. The Bertz CT molecular complexity index is 852. The highest BCUT2D eigenvalue weighted by Crippen LogP contribution is 2.22. The van der Waals surface area contributed by atoms with Crippen molar-refractivity contribution in [3.8, 4) is 0 Å². The maximum absolute atomic E-state index is 13.2. The molecule has 0 bridgehead atoms. The molecule has 3 atom stereocenters. The fourth-order valence-corrected chi connectivity index (χ4v) is 4.38. The maximum Gasteiger partial charge on any atom is 0.281 e. The first-order valence-electron chi connectivity index (χ1n) is 10.2. The molecule has 2 aromatic rings. The summed E-state index contributed by atoms with van der Waals surface area (Å²) in [6.07, 6.45) is 2.36. The van der Waals surface area contributed by atoms with Crippen molar-refractivity contribution in [2.45, 2.75) is 50.9 Å². The largest absolute Gasteiger partial charge is 0.348 e. The summed E-state index contributed by atoms with van der Waals surface area (Å²) >= 11 is 0. The first kappa shape index (κ1) is 18.7. The zero-order valence-corrected chi connectivity index (χ0v) is 16.3. The van der Waals surface area contributed by atoms with Crippen LogP contribution in [0, 0.1) is 0 Å². The van der Waals surface area contributed by atoms with E-state index in [1.165, 1.54) is 11.1 Å². The molecule has 0 radical (unpaired) electrons. The van der Waals surface area contributed by atoms with Gasteiger partial charge in [-0.3, -0.25) is 9.59 Å². The van der Waals surface area contributed by atoms with Crippen LogP contribution in [0.15, 0.2) is 54.6 Å². The number of quaternary nitrogens is 1. The van der Waals surface area contributed by atoms with E-state index in [4.69, 9.17) is 0 Å². The summed E-state index contributed by atoms with van der Waals surface area (Å²) in [5.41, 5.74) is 3.63. The summed E-state index contributed by atoms with van der Waals surface area (Å²) in [6.45, 7) is 3.48. The van der Waals surface area contributed by atoms with Crippen molar-refractivity contribution in [3.63, 3.8) is 0 Å². The van der Waals surface area contributed by atoms with E-state index in [2.05, 4.69) is 22.8 Å². The van der Waals surface area contributed by atoms with Gasteiger partial charge in [-0.05, 0) is 30.9 Å². The molecule has 2 aliphatic rings. The van der Waals surface area contributed by atoms with Crippen LogP contribution in [-0.2, 0) is 22.6 Å². The van der Waals surface area contributed by atoms with Crippen LogP contribution < -0.4 is 10.6 Å². The van der Waals surface area contributed by atoms with E-state index in [9.17, 15) is 9.59 Å². The minimum atomic E-state index is -0.357. The fourth-order valence-electron chi connectivity index (χ4n) is 4.38. The number of nitrogens with zero attached hydrogens (tertiary/aromatic N) is 1. The van der Waals surface area contributed by atoms with Gasteiger partial charge in [0.2, 0.25) is 5.91 Å². The Morgan fingerprint density at radius 3 is 2.57 bits per heavy atom. The molecule has 0 aromatic heterocycles. The van der Waals surface area contributed by atoms with Crippen molar-refractivity contribution in [1.29, 1.82) is 0 Å². The van der Waals surface area contributed by atoms with Crippen LogP contribution in [0.2, 0.25) is 0 Å². The molecule has 2 aromatic carbocycles. The average molecular weight is 378 g/mol. The van der Waals surface area contributed by atoms with Gasteiger partial charge in [0.05, 0.1) is 6.04 Å². The van der Waals surface area contributed by atoms with E-state index < -0.39 is 0 Å². The summed E-state index contributed by atoms with van der Waals surface area (Å²) in [4.78, 5) is 27.9. The van der Waals surface area contributed by atoms with Crippen molar-refractivity contribution in [2.24, 2.45) is 0 Å². The molecule has 28 heavy (non-hydrogen) atoms. The Balaban J connectivity index is 1.42. The molecule has 1 fully saturated rings. The lowest BCUT2D eigenvalue weighted by molar-refractivity contribution is -0.695. The number of amides is 2. The number of rotatable bonds is 4. The van der Waals surface area contributed by atoms with Gasteiger partial charge in [-0.15, -0.1) is 0 Å². The van der Waals surface area contributed by atoms with Gasteiger partial charge in [0.25, 0.3) is 5.91 Å². The highest BCUT2D eigenvalue weighted by atomic mass is 16.2. The third-order valence-corrected chi connectivity index (χ3v) is 5.99. The molecule has 4 rings (SSSR count). The van der Waals surface area contributed by atoms with E-state index in [0.717, 1.165) is 31.4 Å². The lowest BCUT2D eigenvalue weighted by atomic mass is 9.95. The predicted octanol–water partition coefficient (Wildman–Crippen LogP) is 1.54. The molecule has 2 heterocycles. The number of carbonyl (C=O) groups is 2. The standard InChI is InChI=1S/C23H27N3O2/c1-16(17-8-3-2-4-9-17)25-22(27)21-12-7-13-26(21)23(28)20-14-18-10-5-6-11-19(18)15-24-20/h2-6,8-11,16,20-21,24H,7,12-15H2,1H3,(H,25,27)/p+1/t16-,20+,21+/m1/s1. The monoisotopic (exact) mass is 378 g/mol. The second-order valence-corrected chi connectivity index (χ2v) is 7.85. The number of hydrogen-bond donors (Lipinski definition) is 2. The number of hydrogen-bond acceptors (Lipinski definition) is 2. The van der Waals surface area contributed by atoms with Gasteiger partial charge in [0.1, 0.15) is 12.6 Å². The normalized spacial score (nSPS) is 22.4. The molecule has 3 N–H and O–H groups in total. The second-order valence-electron chi connectivity index (χ2n) is 7.85. The van der Waals surface area contributed by atoms with Crippen molar-refractivity contribution in [3.05, 3.63) is 71.3 Å². The smallest absolute Gasteiger partial charge is 0.281 e. The number of likely N-dealkylation sites (tertiary alicyclic amines) is 1. The minimum Gasteiger partial charge on any atom is -0.348 e. The Hall–Kier alpha value is -2.66. The minimum absolute atomic E-state index is 0.0431. The Kier molecular flexibility index (Phi) is 5.44. The molecule has 5 heteroatoms. The zero-order chi connectivity index (χ0) is 19.5. The molecule has 0 spiro atoms. The van der Waals surface area contributed by atoms with Gasteiger partial charge < -0.3 is 15.5 Å². The van der Waals surface area contributed by atoms with Gasteiger partial charge >= 0.3 is 0 Å². The molecular weight excluding hydrogens is 350 g/mol. The van der Waals surface area contributed by atoms with Crippen molar-refractivity contribution in [2.75, 3.05) is 6.54 Å². The van der Waals surface area contributed by atoms with Crippen LogP contribution in [0.1, 0.15) is 42.5 Å². The molecule has 5 nitrogen and oxygen atoms in total. The average Bonchev–Trinajstić information content (AvgIpc) is 3.23. The molecule has 2 aliphatic heterocycles. The quantitative estimate of drug-likeness (QED) is 0.848. The van der Waals surface area contributed by atoms with Crippen LogP contribution in [0.25, 0.3) is 0 Å². The molecule has 146 valence electrons. The van der Waals surface area contributed by atoms with Crippen LogP contribution in [0.3, 0.4) is 0 Å².